The number of nitrogens with zero attached hydrogens (tertiary/aromatic N) is 5. The Morgan fingerprint density at radius 1 is 1.13 bits per heavy atom. The Bertz CT molecular complexity index is 1200. The van der Waals surface area contributed by atoms with Crippen molar-refractivity contribution < 1.29 is 4.79 Å². The zero-order chi connectivity index (χ0) is 21.1. The number of imidazole rings is 1. The van der Waals surface area contributed by atoms with Crippen molar-refractivity contribution in [2.45, 2.75) is 32.1 Å². The van der Waals surface area contributed by atoms with Crippen LogP contribution in [0.2, 0.25) is 0 Å². The van der Waals surface area contributed by atoms with E-state index < -0.39 is 0 Å². The third-order valence-corrected chi connectivity index (χ3v) is 5.93. The van der Waals surface area contributed by atoms with E-state index in [2.05, 4.69) is 46.5 Å². The van der Waals surface area contributed by atoms with Gasteiger partial charge in [0.1, 0.15) is 5.82 Å². The van der Waals surface area contributed by atoms with Crippen LogP contribution >= 0.6 is 11.8 Å². The second kappa shape index (κ2) is 8.71. The second-order valence-electron chi connectivity index (χ2n) is 7.06. The minimum absolute atomic E-state index is 0.0604. The number of benzene rings is 2. The average Bonchev–Trinajstić information content (AvgIpc) is 3.31. The minimum Gasteiger partial charge on any atom is -0.348 e. The number of para-hydroxylation sites is 2. The maximum atomic E-state index is 12.4. The first-order chi connectivity index (χ1) is 14.6. The van der Waals surface area contributed by atoms with Crippen LogP contribution in [0.1, 0.15) is 18.3 Å². The van der Waals surface area contributed by atoms with Gasteiger partial charge in [-0.25, -0.2) is 4.98 Å². The van der Waals surface area contributed by atoms with E-state index in [1.807, 2.05) is 52.6 Å². The Morgan fingerprint density at radius 3 is 2.73 bits per heavy atom. The van der Waals surface area contributed by atoms with Gasteiger partial charge < -0.3 is 14.5 Å². The summed E-state index contributed by atoms with van der Waals surface area (Å²) in [6.07, 6.45) is 0. The third-order valence-electron chi connectivity index (χ3n) is 4.97. The number of thioether (sulfide) groups is 1. The van der Waals surface area contributed by atoms with Crippen molar-refractivity contribution in [2.24, 2.45) is 7.05 Å². The van der Waals surface area contributed by atoms with E-state index in [4.69, 9.17) is 0 Å². The van der Waals surface area contributed by atoms with E-state index in [0.717, 1.165) is 39.9 Å². The predicted molar refractivity (Wildman–Crippen MR) is 119 cm³/mol. The van der Waals surface area contributed by atoms with Gasteiger partial charge in [0.25, 0.3) is 0 Å². The van der Waals surface area contributed by atoms with Crippen LogP contribution in [0.4, 0.5) is 0 Å². The van der Waals surface area contributed by atoms with Crippen molar-refractivity contribution in [3.05, 3.63) is 59.9 Å². The molecule has 0 aliphatic rings. The van der Waals surface area contributed by atoms with Crippen molar-refractivity contribution in [2.75, 3.05) is 5.75 Å². The van der Waals surface area contributed by atoms with Crippen LogP contribution in [0.3, 0.4) is 0 Å². The molecule has 0 saturated heterocycles. The van der Waals surface area contributed by atoms with Crippen LogP contribution in [-0.4, -0.2) is 36.0 Å². The normalized spacial score (nSPS) is 11.2. The Kier molecular flexibility index (Phi) is 5.85. The van der Waals surface area contributed by atoms with E-state index in [-0.39, 0.29) is 11.7 Å². The summed E-state index contributed by atoms with van der Waals surface area (Å²) in [5, 5.41) is 12.4. The zero-order valence-corrected chi connectivity index (χ0v) is 18.1. The van der Waals surface area contributed by atoms with E-state index in [9.17, 15) is 4.79 Å². The maximum absolute atomic E-state index is 12.4. The molecule has 0 bridgehead atoms. The zero-order valence-electron chi connectivity index (χ0n) is 17.3. The van der Waals surface area contributed by atoms with Gasteiger partial charge >= 0.3 is 0 Å². The molecule has 30 heavy (non-hydrogen) atoms. The smallest absolute Gasteiger partial charge is 0.230 e. The van der Waals surface area contributed by atoms with Gasteiger partial charge in [0, 0.05) is 19.2 Å². The summed E-state index contributed by atoms with van der Waals surface area (Å²) in [6.45, 7) is 5.24. The van der Waals surface area contributed by atoms with Crippen LogP contribution in [0.5, 0.6) is 0 Å². The Labute approximate surface area is 179 Å². The number of carbonyl (C=O) groups is 1. The first-order valence-electron chi connectivity index (χ1n) is 9.87. The molecule has 0 aliphatic carbocycles. The lowest BCUT2D eigenvalue weighted by Gasteiger charge is -2.08. The Morgan fingerprint density at radius 2 is 1.97 bits per heavy atom. The number of fused-ring (bicyclic) bond motifs is 1. The van der Waals surface area contributed by atoms with Gasteiger partial charge in [-0.05, 0) is 32.0 Å². The fourth-order valence-electron chi connectivity index (χ4n) is 3.39. The molecule has 1 amide bonds. The molecule has 0 radical (unpaired) electrons. The largest absolute Gasteiger partial charge is 0.348 e. The molecule has 4 rings (SSSR count). The average molecular weight is 421 g/mol. The Hall–Kier alpha value is -3.13. The van der Waals surface area contributed by atoms with Crippen molar-refractivity contribution in [1.82, 2.24) is 29.6 Å². The van der Waals surface area contributed by atoms with E-state index in [0.29, 0.717) is 6.54 Å². The van der Waals surface area contributed by atoms with Gasteiger partial charge in [-0.3, -0.25) is 4.79 Å². The summed E-state index contributed by atoms with van der Waals surface area (Å²) in [4.78, 5) is 17.0. The topological polar surface area (TPSA) is 77.6 Å². The summed E-state index contributed by atoms with van der Waals surface area (Å²) in [5.74, 6) is 1.86. The molecule has 7 nitrogen and oxygen atoms in total. The number of amides is 1. The molecule has 1 N–H and O–H groups in total. The lowest BCUT2D eigenvalue weighted by Crippen LogP contribution is -2.26. The highest BCUT2D eigenvalue weighted by molar-refractivity contribution is 7.99. The first kappa shape index (κ1) is 20.2. The maximum Gasteiger partial charge on any atom is 0.230 e. The standard InChI is InChI=1S/C22H24N6OS/c1-4-28-21(16-9-7-8-15(2)12-16)25-26-22(28)30-14-20(29)23-13-19-24-17-10-5-6-11-18(17)27(19)3/h5-12H,4,13-14H2,1-3H3,(H,23,29). The van der Waals surface area contributed by atoms with Crippen LogP contribution in [0.15, 0.2) is 53.7 Å². The summed E-state index contributed by atoms with van der Waals surface area (Å²) >= 11 is 1.39. The lowest BCUT2D eigenvalue weighted by atomic mass is 10.1. The minimum atomic E-state index is -0.0604. The third kappa shape index (κ3) is 4.09. The van der Waals surface area contributed by atoms with Crippen molar-refractivity contribution in [3.8, 4) is 11.4 Å². The Balaban J connectivity index is 1.39. The molecular weight excluding hydrogens is 396 g/mol. The number of nitrogens with one attached hydrogen (secondary N) is 1. The number of hydrogen-bond donors (Lipinski definition) is 1. The number of carbonyl (C=O) groups excluding carboxylic acids is 1. The molecule has 4 aromatic rings. The molecule has 0 spiro atoms. The van der Waals surface area contributed by atoms with Crippen molar-refractivity contribution >= 4 is 28.7 Å². The molecule has 0 atom stereocenters. The van der Waals surface area contributed by atoms with Crippen LogP contribution in [0.25, 0.3) is 22.4 Å². The number of rotatable bonds is 7. The molecule has 2 aromatic carbocycles. The highest BCUT2D eigenvalue weighted by Gasteiger charge is 2.15. The van der Waals surface area contributed by atoms with E-state index in [1.165, 1.54) is 17.3 Å². The second-order valence-corrected chi connectivity index (χ2v) is 8.00. The molecule has 0 unspecified atom stereocenters. The highest BCUT2D eigenvalue weighted by atomic mass is 32.2. The number of hydrogen-bond acceptors (Lipinski definition) is 5. The molecular formula is C22H24N6OS. The summed E-state index contributed by atoms with van der Waals surface area (Å²) in [7, 11) is 1.96. The molecule has 0 fully saturated rings. The van der Waals surface area contributed by atoms with Crippen LogP contribution < -0.4 is 5.32 Å². The highest BCUT2D eigenvalue weighted by Crippen LogP contribution is 2.24. The van der Waals surface area contributed by atoms with Gasteiger partial charge in [-0.1, -0.05) is 47.7 Å². The van der Waals surface area contributed by atoms with Gasteiger partial charge in [-0.2, -0.15) is 0 Å². The van der Waals surface area contributed by atoms with Crippen molar-refractivity contribution in [1.29, 1.82) is 0 Å². The number of aryl methyl sites for hydroxylation is 2. The molecule has 2 heterocycles. The first-order valence-corrected chi connectivity index (χ1v) is 10.9. The quantitative estimate of drug-likeness (QED) is 0.463. The molecule has 0 aliphatic heterocycles. The van der Waals surface area contributed by atoms with E-state index >= 15 is 0 Å². The fourth-order valence-corrected chi connectivity index (χ4v) is 4.22. The van der Waals surface area contributed by atoms with Crippen molar-refractivity contribution in [3.63, 3.8) is 0 Å². The van der Waals surface area contributed by atoms with E-state index in [1.54, 1.807) is 0 Å². The van der Waals surface area contributed by atoms with Gasteiger partial charge in [0.15, 0.2) is 11.0 Å². The molecule has 154 valence electrons. The van der Waals surface area contributed by atoms with Gasteiger partial charge in [0.2, 0.25) is 5.91 Å². The predicted octanol–water partition coefficient (Wildman–Crippen LogP) is 3.57. The molecule has 2 aromatic heterocycles. The van der Waals surface area contributed by atoms with Gasteiger partial charge in [0.05, 0.1) is 23.3 Å². The summed E-state index contributed by atoms with van der Waals surface area (Å²) in [5.41, 5.74) is 4.19. The molecule has 8 heteroatoms. The van der Waals surface area contributed by atoms with Crippen LogP contribution in [-0.2, 0) is 24.9 Å². The van der Waals surface area contributed by atoms with Gasteiger partial charge in [-0.15, -0.1) is 10.2 Å². The monoisotopic (exact) mass is 420 g/mol. The summed E-state index contributed by atoms with van der Waals surface area (Å²) < 4.78 is 4.04. The number of aromatic nitrogens is 5. The summed E-state index contributed by atoms with van der Waals surface area (Å²) in [6, 6.07) is 16.1. The SMILES string of the molecule is CCn1c(SCC(=O)NCc2nc3ccccc3n2C)nnc1-c1cccc(C)c1. The van der Waals surface area contributed by atoms with Crippen LogP contribution in [0, 0.1) is 6.92 Å². The molecule has 0 saturated carbocycles. The lowest BCUT2D eigenvalue weighted by molar-refractivity contribution is -0.118. The fraction of sp³-hybridized carbons (Fsp3) is 0.273.